The van der Waals surface area contributed by atoms with Gasteiger partial charge in [-0.05, 0) is 24.0 Å². The molecule has 0 saturated carbocycles. The molecule has 0 amide bonds. The molecule has 25 heavy (non-hydrogen) atoms. The van der Waals surface area contributed by atoms with Crippen molar-refractivity contribution in [2.24, 2.45) is 4.99 Å². The van der Waals surface area contributed by atoms with Crippen molar-refractivity contribution in [2.45, 2.75) is 26.3 Å². The van der Waals surface area contributed by atoms with Gasteiger partial charge < -0.3 is 15.5 Å². The lowest BCUT2D eigenvalue weighted by atomic mass is 10.1. The summed E-state index contributed by atoms with van der Waals surface area (Å²) in [5.41, 5.74) is 3.75. The maximum Gasteiger partial charge on any atom is 0.191 e. The Bertz CT molecular complexity index is 652. The van der Waals surface area contributed by atoms with Crippen molar-refractivity contribution in [3.8, 4) is 0 Å². The highest BCUT2D eigenvalue weighted by atomic mass is 127. The first-order chi connectivity index (χ1) is 11.6. The van der Waals surface area contributed by atoms with Gasteiger partial charge in [-0.15, -0.1) is 35.3 Å². The minimum absolute atomic E-state index is 0. The summed E-state index contributed by atoms with van der Waals surface area (Å²) in [6, 6.07) is 8.81. The Morgan fingerprint density at radius 3 is 2.40 bits per heavy atom. The van der Waals surface area contributed by atoms with Crippen molar-refractivity contribution in [1.29, 1.82) is 0 Å². The normalized spacial score (nSPS) is 11.0. The van der Waals surface area contributed by atoms with Crippen LogP contribution >= 0.6 is 35.3 Å². The Morgan fingerprint density at radius 1 is 1.16 bits per heavy atom. The zero-order chi connectivity index (χ0) is 17.4. The average Bonchev–Trinajstić information content (AvgIpc) is 3.08. The predicted molar refractivity (Wildman–Crippen MR) is 120 cm³/mol. The smallest absolute Gasteiger partial charge is 0.191 e. The van der Waals surface area contributed by atoms with Crippen molar-refractivity contribution < 1.29 is 0 Å². The lowest BCUT2D eigenvalue weighted by Crippen LogP contribution is -2.37. The number of hydrogen-bond donors (Lipinski definition) is 2. The molecule has 2 rings (SSSR count). The van der Waals surface area contributed by atoms with Crippen LogP contribution in [0.2, 0.25) is 0 Å². The monoisotopic (exact) mass is 473 g/mol. The van der Waals surface area contributed by atoms with E-state index in [2.05, 4.69) is 57.2 Å². The molecule has 1 heterocycles. The summed E-state index contributed by atoms with van der Waals surface area (Å²) in [4.78, 5) is 10.8. The molecule has 2 N–H and O–H groups in total. The first-order valence-corrected chi connectivity index (χ1v) is 9.14. The van der Waals surface area contributed by atoms with Gasteiger partial charge in [0.1, 0.15) is 0 Å². The van der Waals surface area contributed by atoms with Crippen molar-refractivity contribution in [2.75, 3.05) is 32.6 Å². The fraction of sp³-hybridized carbons (Fsp3) is 0.444. The Balaban J connectivity index is 0.00000312. The summed E-state index contributed by atoms with van der Waals surface area (Å²) in [6.07, 6.45) is 2.06. The Kier molecular flexibility index (Phi) is 9.81. The van der Waals surface area contributed by atoms with E-state index in [-0.39, 0.29) is 24.0 Å². The molecule has 0 bridgehead atoms. The van der Waals surface area contributed by atoms with E-state index in [1.54, 1.807) is 18.4 Å². The number of nitrogens with one attached hydrogen (secondary N) is 2. The van der Waals surface area contributed by atoms with Gasteiger partial charge in [0.2, 0.25) is 0 Å². The number of aromatic nitrogens is 1. The molecule has 0 atom stereocenters. The van der Waals surface area contributed by atoms with E-state index in [1.807, 2.05) is 19.0 Å². The number of anilines is 1. The van der Waals surface area contributed by atoms with Crippen LogP contribution in [0.15, 0.2) is 34.6 Å². The van der Waals surface area contributed by atoms with Gasteiger partial charge in [0, 0.05) is 33.1 Å². The second-order valence-corrected chi connectivity index (χ2v) is 6.62. The number of thiazole rings is 1. The summed E-state index contributed by atoms with van der Waals surface area (Å²) < 4.78 is 0. The van der Waals surface area contributed by atoms with Gasteiger partial charge in [0.25, 0.3) is 0 Å². The molecule has 2 aromatic rings. The number of benzene rings is 1. The van der Waals surface area contributed by atoms with E-state index in [4.69, 9.17) is 0 Å². The summed E-state index contributed by atoms with van der Waals surface area (Å²) in [5, 5.41) is 9.75. The molecule has 0 radical (unpaired) electrons. The lowest BCUT2D eigenvalue weighted by molar-refractivity contribution is 0.785. The Labute approximate surface area is 172 Å². The zero-order valence-corrected chi connectivity index (χ0v) is 18.5. The summed E-state index contributed by atoms with van der Waals surface area (Å²) in [5.74, 6) is 0.805. The average molecular weight is 473 g/mol. The quantitative estimate of drug-likeness (QED) is 0.368. The largest absolute Gasteiger partial charge is 0.356 e. The van der Waals surface area contributed by atoms with E-state index in [0.29, 0.717) is 6.54 Å². The SMILES string of the molecule is CCc1ccc(CCNC(=NC)NCc2csc(N(C)C)n2)cc1.I. The highest BCUT2D eigenvalue weighted by molar-refractivity contribution is 14.0. The van der Waals surface area contributed by atoms with Crippen LogP contribution in [0.25, 0.3) is 0 Å². The molecule has 7 heteroatoms. The number of halogens is 1. The number of aliphatic imine (C=N–C) groups is 1. The maximum atomic E-state index is 4.56. The summed E-state index contributed by atoms with van der Waals surface area (Å²) >= 11 is 1.65. The van der Waals surface area contributed by atoms with E-state index < -0.39 is 0 Å². The molecule has 0 saturated heterocycles. The van der Waals surface area contributed by atoms with Crippen LogP contribution < -0.4 is 15.5 Å². The molecule has 5 nitrogen and oxygen atoms in total. The number of guanidine groups is 1. The summed E-state index contributed by atoms with van der Waals surface area (Å²) in [6.45, 7) is 3.70. The van der Waals surface area contributed by atoms with Crippen LogP contribution in [-0.2, 0) is 19.4 Å². The minimum Gasteiger partial charge on any atom is -0.356 e. The number of nitrogens with zero attached hydrogens (tertiary/aromatic N) is 3. The third-order valence-electron chi connectivity index (χ3n) is 3.72. The van der Waals surface area contributed by atoms with Crippen molar-refractivity contribution in [3.05, 3.63) is 46.5 Å². The molecule has 138 valence electrons. The molecule has 1 aromatic heterocycles. The van der Waals surface area contributed by atoms with Gasteiger partial charge in [-0.2, -0.15) is 0 Å². The zero-order valence-electron chi connectivity index (χ0n) is 15.4. The predicted octanol–water partition coefficient (Wildman–Crippen LogP) is 3.30. The third kappa shape index (κ3) is 7.19. The van der Waals surface area contributed by atoms with Crippen LogP contribution in [0.5, 0.6) is 0 Å². The maximum absolute atomic E-state index is 4.56. The third-order valence-corrected chi connectivity index (χ3v) is 4.78. The van der Waals surface area contributed by atoms with Crippen LogP contribution in [0.1, 0.15) is 23.7 Å². The highest BCUT2D eigenvalue weighted by Gasteiger charge is 2.04. The van der Waals surface area contributed by atoms with Crippen molar-refractivity contribution >= 4 is 46.4 Å². The molecular weight excluding hydrogens is 445 g/mol. The number of aryl methyl sites for hydroxylation is 1. The topological polar surface area (TPSA) is 52.6 Å². The number of hydrogen-bond acceptors (Lipinski definition) is 4. The molecule has 0 unspecified atom stereocenters. The second kappa shape index (κ2) is 11.3. The van der Waals surface area contributed by atoms with E-state index in [1.165, 1.54) is 11.1 Å². The molecular formula is C18H28IN5S. The van der Waals surface area contributed by atoms with Gasteiger partial charge in [0.15, 0.2) is 11.1 Å². The minimum atomic E-state index is 0. The first-order valence-electron chi connectivity index (χ1n) is 8.26. The van der Waals surface area contributed by atoms with Crippen LogP contribution in [0.3, 0.4) is 0 Å². The molecule has 0 aliphatic carbocycles. The lowest BCUT2D eigenvalue weighted by Gasteiger charge is -2.11. The van der Waals surface area contributed by atoms with Gasteiger partial charge in [-0.25, -0.2) is 4.98 Å². The first kappa shape index (κ1) is 21.7. The second-order valence-electron chi connectivity index (χ2n) is 5.79. The molecule has 0 aliphatic heterocycles. The van der Waals surface area contributed by atoms with Gasteiger partial charge in [-0.1, -0.05) is 31.2 Å². The molecule has 0 aliphatic rings. The van der Waals surface area contributed by atoms with Crippen LogP contribution in [0.4, 0.5) is 5.13 Å². The Hall–Kier alpha value is -1.35. The fourth-order valence-electron chi connectivity index (χ4n) is 2.24. The van der Waals surface area contributed by atoms with E-state index >= 15 is 0 Å². The molecule has 0 fully saturated rings. The molecule has 1 aromatic carbocycles. The standard InChI is InChI=1S/C18H27N5S.HI/c1-5-14-6-8-15(9-7-14)10-11-20-17(19-2)21-12-16-13-24-18(22-16)23(3)4;/h6-9,13H,5,10-12H2,1-4H3,(H2,19,20,21);1H. The van der Waals surface area contributed by atoms with E-state index in [9.17, 15) is 0 Å². The van der Waals surface area contributed by atoms with Gasteiger partial charge in [-0.3, -0.25) is 4.99 Å². The van der Waals surface area contributed by atoms with E-state index in [0.717, 1.165) is 36.2 Å². The van der Waals surface area contributed by atoms with Crippen LogP contribution in [0, 0.1) is 0 Å². The fourth-order valence-corrected chi connectivity index (χ4v) is 3.00. The van der Waals surface area contributed by atoms with Crippen LogP contribution in [-0.4, -0.2) is 38.6 Å². The summed E-state index contributed by atoms with van der Waals surface area (Å²) in [7, 11) is 5.80. The van der Waals surface area contributed by atoms with Crippen molar-refractivity contribution in [3.63, 3.8) is 0 Å². The van der Waals surface area contributed by atoms with Crippen molar-refractivity contribution in [1.82, 2.24) is 15.6 Å². The van der Waals surface area contributed by atoms with Gasteiger partial charge >= 0.3 is 0 Å². The highest BCUT2D eigenvalue weighted by Crippen LogP contribution is 2.17. The van der Waals surface area contributed by atoms with Gasteiger partial charge in [0.05, 0.1) is 12.2 Å². The Morgan fingerprint density at radius 2 is 1.84 bits per heavy atom. The number of rotatable bonds is 7. The molecule has 0 spiro atoms.